The van der Waals surface area contributed by atoms with E-state index in [1.165, 1.54) is 12.8 Å². The van der Waals surface area contributed by atoms with E-state index in [0.717, 1.165) is 5.56 Å². The average molecular weight is 228 g/mol. The number of hydrogen-bond donors (Lipinski definition) is 1. The lowest BCUT2D eigenvalue weighted by Gasteiger charge is -2.10. The molecular weight excluding hydrogens is 214 g/mol. The van der Waals surface area contributed by atoms with Gasteiger partial charge in [-0.3, -0.25) is 0 Å². The van der Waals surface area contributed by atoms with E-state index in [4.69, 9.17) is 4.74 Å². The lowest BCUT2D eigenvalue weighted by atomic mass is 10.2. The van der Waals surface area contributed by atoms with Crippen LogP contribution in [0.3, 0.4) is 0 Å². The van der Waals surface area contributed by atoms with Crippen molar-refractivity contribution in [3.63, 3.8) is 0 Å². The minimum Gasteiger partial charge on any atom is -0.471 e. The standard InChI is InChI=1S/C11H14F2N2O/c12-10(13)7-16-11-8(2-1-5-14-11)6-15-9-3-4-9/h1-2,5,9-10,15H,3-4,6-7H2. The van der Waals surface area contributed by atoms with E-state index in [0.29, 0.717) is 18.5 Å². The van der Waals surface area contributed by atoms with Crippen LogP contribution in [0.1, 0.15) is 18.4 Å². The molecular formula is C11H14F2N2O. The highest BCUT2D eigenvalue weighted by Crippen LogP contribution is 2.21. The molecule has 1 aliphatic rings. The van der Waals surface area contributed by atoms with Crippen LogP contribution in [0.25, 0.3) is 0 Å². The van der Waals surface area contributed by atoms with E-state index in [2.05, 4.69) is 10.3 Å². The summed E-state index contributed by atoms with van der Waals surface area (Å²) in [5, 5.41) is 3.29. The minimum absolute atomic E-state index is 0.302. The zero-order valence-electron chi connectivity index (χ0n) is 8.83. The fraction of sp³-hybridized carbons (Fsp3) is 0.545. The molecule has 1 aromatic rings. The number of hydrogen-bond acceptors (Lipinski definition) is 3. The van der Waals surface area contributed by atoms with Gasteiger partial charge in [-0.05, 0) is 18.9 Å². The summed E-state index contributed by atoms with van der Waals surface area (Å²) >= 11 is 0. The molecule has 0 saturated heterocycles. The Morgan fingerprint density at radius 3 is 3.00 bits per heavy atom. The highest BCUT2D eigenvalue weighted by molar-refractivity contribution is 5.25. The van der Waals surface area contributed by atoms with Crippen LogP contribution in [0, 0.1) is 0 Å². The van der Waals surface area contributed by atoms with Gasteiger partial charge in [0, 0.05) is 24.3 Å². The Bertz CT molecular complexity index is 318. The molecule has 1 fully saturated rings. The van der Waals surface area contributed by atoms with Gasteiger partial charge in [0.15, 0.2) is 6.61 Å². The minimum atomic E-state index is -2.47. The molecule has 0 radical (unpaired) electrons. The molecule has 0 atom stereocenters. The Balaban J connectivity index is 1.92. The van der Waals surface area contributed by atoms with Gasteiger partial charge in [0.2, 0.25) is 5.88 Å². The number of pyridine rings is 1. The lowest BCUT2D eigenvalue weighted by molar-refractivity contribution is 0.0790. The van der Waals surface area contributed by atoms with Gasteiger partial charge in [0.25, 0.3) is 6.43 Å². The molecule has 0 amide bonds. The third-order valence-corrected chi connectivity index (χ3v) is 2.35. The highest BCUT2D eigenvalue weighted by atomic mass is 19.3. The fourth-order valence-electron chi connectivity index (χ4n) is 1.37. The van der Waals surface area contributed by atoms with Gasteiger partial charge in [-0.1, -0.05) is 6.07 Å². The van der Waals surface area contributed by atoms with Crippen molar-refractivity contribution in [2.45, 2.75) is 31.9 Å². The summed E-state index contributed by atoms with van der Waals surface area (Å²) in [6, 6.07) is 4.19. The van der Waals surface area contributed by atoms with Gasteiger partial charge in [-0.15, -0.1) is 0 Å². The van der Waals surface area contributed by atoms with Crippen LogP contribution in [0.2, 0.25) is 0 Å². The molecule has 1 heterocycles. The van der Waals surface area contributed by atoms with Crippen molar-refractivity contribution < 1.29 is 13.5 Å². The van der Waals surface area contributed by atoms with Crippen LogP contribution >= 0.6 is 0 Å². The Hall–Kier alpha value is -1.23. The van der Waals surface area contributed by atoms with Crippen LogP contribution < -0.4 is 10.1 Å². The van der Waals surface area contributed by atoms with E-state index in [1.54, 1.807) is 12.3 Å². The number of alkyl halides is 2. The maximum atomic E-state index is 12.0. The molecule has 88 valence electrons. The van der Waals surface area contributed by atoms with Crippen molar-refractivity contribution in [1.29, 1.82) is 0 Å². The quantitative estimate of drug-likeness (QED) is 0.808. The SMILES string of the molecule is FC(F)COc1ncccc1CNC1CC1. The molecule has 1 aliphatic carbocycles. The van der Waals surface area contributed by atoms with Crippen molar-refractivity contribution in [2.75, 3.05) is 6.61 Å². The van der Waals surface area contributed by atoms with Gasteiger partial charge in [0.05, 0.1) is 0 Å². The molecule has 1 aromatic heterocycles. The van der Waals surface area contributed by atoms with Gasteiger partial charge in [-0.2, -0.15) is 0 Å². The van der Waals surface area contributed by atoms with E-state index < -0.39 is 13.0 Å². The summed E-state index contributed by atoms with van der Waals surface area (Å²) < 4.78 is 29.0. The number of ether oxygens (including phenoxy) is 1. The van der Waals surface area contributed by atoms with Crippen molar-refractivity contribution in [1.82, 2.24) is 10.3 Å². The third-order valence-electron chi connectivity index (χ3n) is 2.35. The Morgan fingerprint density at radius 1 is 1.50 bits per heavy atom. The molecule has 16 heavy (non-hydrogen) atoms. The van der Waals surface area contributed by atoms with Gasteiger partial charge in [-0.25, -0.2) is 13.8 Å². The van der Waals surface area contributed by atoms with Crippen LogP contribution in [0.4, 0.5) is 8.78 Å². The second-order valence-electron chi connectivity index (χ2n) is 3.82. The summed E-state index contributed by atoms with van der Waals surface area (Å²) in [7, 11) is 0. The molecule has 0 aliphatic heterocycles. The van der Waals surface area contributed by atoms with Crippen molar-refractivity contribution in [3.05, 3.63) is 23.9 Å². The van der Waals surface area contributed by atoms with Crippen LogP contribution in [-0.4, -0.2) is 24.1 Å². The number of nitrogens with one attached hydrogen (secondary N) is 1. The van der Waals surface area contributed by atoms with Crippen molar-refractivity contribution in [2.24, 2.45) is 0 Å². The largest absolute Gasteiger partial charge is 0.471 e. The molecule has 0 unspecified atom stereocenters. The van der Waals surface area contributed by atoms with E-state index in [9.17, 15) is 8.78 Å². The molecule has 3 nitrogen and oxygen atoms in total. The Labute approximate surface area is 92.8 Å². The molecule has 0 aromatic carbocycles. The summed E-state index contributed by atoms with van der Waals surface area (Å²) in [6.45, 7) is 0.0184. The number of aromatic nitrogens is 1. The summed E-state index contributed by atoms with van der Waals surface area (Å²) in [5.41, 5.74) is 0.829. The molecule has 0 spiro atoms. The normalized spacial score (nSPS) is 15.4. The van der Waals surface area contributed by atoms with Gasteiger partial charge in [0.1, 0.15) is 0 Å². The van der Waals surface area contributed by atoms with Crippen molar-refractivity contribution >= 4 is 0 Å². The second kappa shape index (κ2) is 5.21. The number of nitrogens with zero attached hydrogens (tertiary/aromatic N) is 1. The molecule has 1 N–H and O–H groups in total. The van der Waals surface area contributed by atoms with Crippen LogP contribution in [0.15, 0.2) is 18.3 Å². The average Bonchev–Trinajstić information content (AvgIpc) is 3.08. The van der Waals surface area contributed by atoms with Gasteiger partial charge < -0.3 is 10.1 Å². The smallest absolute Gasteiger partial charge is 0.272 e. The Kier molecular flexibility index (Phi) is 3.66. The first-order valence-corrected chi connectivity index (χ1v) is 5.34. The first-order valence-electron chi connectivity index (χ1n) is 5.34. The van der Waals surface area contributed by atoms with Crippen LogP contribution in [-0.2, 0) is 6.54 Å². The zero-order chi connectivity index (χ0) is 11.4. The van der Waals surface area contributed by atoms with Crippen LogP contribution in [0.5, 0.6) is 5.88 Å². The molecule has 1 saturated carbocycles. The number of halogens is 2. The van der Waals surface area contributed by atoms with E-state index in [1.807, 2.05) is 6.07 Å². The topological polar surface area (TPSA) is 34.1 Å². The van der Waals surface area contributed by atoms with Crippen molar-refractivity contribution in [3.8, 4) is 5.88 Å². The molecule has 5 heteroatoms. The maximum absolute atomic E-state index is 12.0. The lowest BCUT2D eigenvalue weighted by Crippen LogP contribution is -2.17. The second-order valence-corrected chi connectivity index (χ2v) is 3.82. The summed E-state index contributed by atoms with van der Waals surface area (Å²) in [6.07, 6.45) is 1.45. The first-order chi connectivity index (χ1) is 7.75. The van der Waals surface area contributed by atoms with E-state index >= 15 is 0 Å². The maximum Gasteiger partial charge on any atom is 0.272 e. The summed E-state index contributed by atoms with van der Waals surface area (Å²) in [5.74, 6) is 0.302. The predicted molar refractivity (Wildman–Crippen MR) is 55.6 cm³/mol. The number of rotatable bonds is 6. The molecule has 2 rings (SSSR count). The summed E-state index contributed by atoms with van der Waals surface area (Å²) in [4.78, 5) is 3.95. The van der Waals surface area contributed by atoms with E-state index in [-0.39, 0.29) is 0 Å². The Morgan fingerprint density at radius 2 is 2.31 bits per heavy atom. The monoisotopic (exact) mass is 228 g/mol. The predicted octanol–water partition coefficient (Wildman–Crippen LogP) is 1.98. The molecule has 0 bridgehead atoms. The first kappa shape index (κ1) is 11.3. The van der Waals surface area contributed by atoms with Gasteiger partial charge >= 0.3 is 0 Å². The highest BCUT2D eigenvalue weighted by Gasteiger charge is 2.20. The fourth-order valence-corrected chi connectivity index (χ4v) is 1.37. The zero-order valence-corrected chi connectivity index (χ0v) is 8.83. The third kappa shape index (κ3) is 3.41.